The van der Waals surface area contributed by atoms with Gasteiger partial charge in [0.15, 0.2) is 0 Å². The van der Waals surface area contributed by atoms with Gasteiger partial charge in [-0.3, -0.25) is 4.79 Å². The zero-order chi connectivity index (χ0) is 12.8. The van der Waals surface area contributed by atoms with Gasteiger partial charge in [-0.05, 0) is 25.7 Å². The molecular weight excluding hydrogens is 232 g/mol. The lowest BCUT2D eigenvalue weighted by Crippen LogP contribution is -2.48. The molecule has 0 spiro atoms. The molecule has 3 atom stereocenters. The summed E-state index contributed by atoms with van der Waals surface area (Å²) in [6.07, 6.45) is 4.87. The van der Waals surface area contributed by atoms with E-state index in [4.69, 9.17) is 9.47 Å². The van der Waals surface area contributed by atoms with Crippen molar-refractivity contribution in [2.45, 2.75) is 37.8 Å². The van der Waals surface area contributed by atoms with Crippen LogP contribution in [0, 0.1) is 5.92 Å². The molecule has 3 unspecified atom stereocenters. The molecule has 2 rings (SSSR count). The Balaban J connectivity index is 1.69. The number of amides is 1. The van der Waals surface area contributed by atoms with Crippen LogP contribution in [-0.2, 0) is 14.3 Å². The first-order valence-electron chi connectivity index (χ1n) is 6.92. The van der Waals surface area contributed by atoms with Gasteiger partial charge in [0, 0.05) is 32.2 Å². The Hall–Kier alpha value is -0.650. The van der Waals surface area contributed by atoms with Gasteiger partial charge in [0.2, 0.25) is 5.91 Å². The third-order valence-electron chi connectivity index (χ3n) is 3.90. The maximum Gasteiger partial charge on any atom is 0.234 e. The molecule has 104 valence electrons. The van der Waals surface area contributed by atoms with Crippen LogP contribution in [0.3, 0.4) is 0 Å². The van der Waals surface area contributed by atoms with E-state index in [1.165, 1.54) is 0 Å². The fourth-order valence-electron chi connectivity index (χ4n) is 2.99. The molecule has 1 saturated carbocycles. The molecular formula is C13H24N2O3. The SMILES string of the molecule is COCCNCC(=O)NC1CCCC2OCCC12. The monoisotopic (exact) mass is 256 g/mol. The molecule has 1 aliphatic carbocycles. The summed E-state index contributed by atoms with van der Waals surface area (Å²) in [4.78, 5) is 11.8. The average molecular weight is 256 g/mol. The van der Waals surface area contributed by atoms with Crippen molar-refractivity contribution in [1.29, 1.82) is 0 Å². The van der Waals surface area contributed by atoms with Crippen LogP contribution in [0.4, 0.5) is 0 Å². The molecule has 1 amide bonds. The van der Waals surface area contributed by atoms with Gasteiger partial charge in [-0.2, -0.15) is 0 Å². The topological polar surface area (TPSA) is 59.6 Å². The average Bonchev–Trinajstić information content (AvgIpc) is 2.84. The second kappa shape index (κ2) is 7.07. The summed E-state index contributed by atoms with van der Waals surface area (Å²) in [6.45, 7) is 2.57. The van der Waals surface area contributed by atoms with Crippen LogP contribution < -0.4 is 10.6 Å². The van der Waals surface area contributed by atoms with E-state index in [0.29, 0.717) is 37.8 Å². The first-order chi connectivity index (χ1) is 8.81. The van der Waals surface area contributed by atoms with E-state index >= 15 is 0 Å². The predicted octanol–water partition coefficient (Wildman–Crippen LogP) is 0.296. The number of ether oxygens (including phenoxy) is 2. The van der Waals surface area contributed by atoms with E-state index in [2.05, 4.69) is 10.6 Å². The molecule has 1 saturated heterocycles. The van der Waals surface area contributed by atoms with Gasteiger partial charge >= 0.3 is 0 Å². The number of carbonyl (C=O) groups excluding carboxylic acids is 1. The van der Waals surface area contributed by atoms with Gasteiger partial charge in [0.05, 0.1) is 19.3 Å². The first-order valence-corrected chi connectivity index (χ1v) is 6.92. The van der Waals surface area contributed by atoms with Crippen LogP contribution in [0.15, 0.2) is 0 Å². The molecule has 0 aromatic carbocycles. The summed E-state index contributed by atoms with van der Waals surface area (Å²) >= 11 is 0. The van der Waals surface area contributed by atoms with Gasteiger partial charge in [-0.15, -0.1) is 0 Å². The maximum atomic E-state index is 11.8. The minimum atomic E-state index is 0.0867. The highest BCUT2D eigenvalue weighted by Gasteiger charge is 2.38. The molecule has 2 N–H and O–H groups in total. The van der Waals surface area contributed by atoms with E-state index in [-0.39, 0.29) is 5.91 Å². The highest BCUT2D eigenvalue weighted by molar-refractivity contribution is 5.78. The normalized spacial score (nSPS) is 31.1. The summed E-state index contributed by atoms with van der Waals surface area (Å²) in [6, 6.07) is 0.308. The number of hydrogen-bond acceptors (Lipinski definition) is 4. The van der Waals surface area contributed by atoms with Crippen LogP contribution in [0.25, 0.3) is 0 Å². The van der Waals surface area contributed by atoms with Crippen LogP contribution in [0.5, 0.6) is 0 Å². The third-order valence-corrected chi connectivity index (χ3v) is 3.90. The standard InChI is InChI=1S/C13H24N2O3/c1-17-8-6-14-9-13(16)15-11-3-2-4-12-10(11)5-7-18-12/h10-12,14H,2-9H2,1H3,(H,15,16). The quantitative estimate of drug-likeness (QED) is 0.671. The van der Waals surface area contributed by atoms with Crippen molar-refractivity contribution in [3.05, 3.63) is 0 Å². The van der Waals surface area contributed by atoms with Gasteiger partial charge in [0.25, 0.3) is 0 Å². The van der Waals surface area contributed by atoms with E-state index in [1.54, 1.807) is 7.11 Å². The number of nitrogens with one attached hydrogen (secondary N) is 2. The highest BCUT2D eigenvalue weighted by Crippen LogP contribution is 2.34. The van der Waals surface area contributed by atoms with Crippen LogP contribution in [-0.4, -0.2) is 51.5 Å². The fraction of sp³-hybridized carbons (Fsp3) is 0.923. The summed E-state index contributed by atoms with van der Waals surface area (Å²) in [5.41, 5.74) is 0. The molecule has 1 aliphatic heterocycles. The summed E-state index contributed by atoms with van der Waals surface area (Å²) in [5.74, 6) is 0.616. The van der Waals surface area contributed by atoms with Gasteiger partial charge in [-0.25, -0.2) is 0 Å². The third kappa shape index (κ3) is 3.67. The molecule has 2 aliphatic rings. The van der Waals surface area contributed by atoms with Crippen molar-refractivity contribution in [2.75, 3.05) is 33.4 Å². The van der Waals surface area contributed by atoms with Crippen LogP contribution in [0.2, 0.25) is 0 Å². The number of hydrogen-bond donors (Lipinski definition) is 2. The smallest absolute Gasteiger partial charge is 0.234 e. The van der Waals surface area contributed by atoms with Gasteiger partial charge < -0.3 is 20.1 Å². The first kappa shape index (κ1) is 13.8. The lowest BCUT2D eigenvalue weighted by molar-refractivity contribution is -0.121. The van der Waals surface area contributed by atoms with Crippen molar-refractivity contribution in [1.82, 2.24) is 10.6 Å². The minimum absolute atomic E-state index is 0.0867. The number of methoxy groups -OCH3 is 1. The molecule has 0 bridgehead atoms. The van der Waals surface area contributed by atoms with Gasteiger partial charge in [-0.1, -0.05) is 0 Å². The Labute approximate surface area is 109 Å². The molecule has 0 aromatic rings. The van der Waals surface area contributed by atoms with Crippen LogP contribution in [0.1, 0.15) is 25.7 Å². The molecule has 1 heterocycles. The van der Waals surface area contributed by atoms with E-state index in [9.17, 15) is 4.79 Å². The zero-order valence-corrected chi connectivity index (χ0v) is 11.1. The zero-order valence-electron chi connectivity index (χ0n) is 11.1. The van der Waals surface area contributed by atoms with Crippen LogP contribution >= 0.6 is 0 Å². The molecule has 5 nitrogen and oxygen atoms in total. The van der Waals surface area contributed by atoms with E-state index < -0.39 is 0 Å². The minimum Gasteiger partial charge on any atom is -0.383 e. The molecule has 0 radical (unpaired) electrons. The Morgan fingerprint density at radius 2 is 2.28 bits per heavy atom. The molecule has 5 heteroatoms. The summed E-state index contributed by atoms with van der Waals surface area (Å²) in [5, 5.41) is 6.21. The van der Waals surface area contributed by atoms with E-state index in [0.717, 1.165) is 32.3 Å². The van der Waals surface area contributed by atoms with Crippen molar-refractivity contribution >= 4 is 5.91 Å². The Bertz CT molecular complexity index is 273. The number of rotatable bonds is 6. The highest BCUT2D eigenvalue weighted by atomic mass is 16.5. The lowest BCUT2D eigenvalue weighted by Gasteiger charge is -2.33. The fourth-order valence-corrected chi connectivity index (χ4v) is 2.99. The number of carbonyl (C=O) groups is 1. The summed E-state index contributed by atoms with van der Waals surface area (Å²) in [7, 11) is 1.66. The van der Waals surface area contributed by atoms with Crippen molar-refractivity contribution in [3.8, 4) is 0 Å². The molecule has 18 heavy (non-hydrogen) atoms. The van der Waals surface area contributed by atoms with Gasteiger partial charge in [0.1, 0.15) is 0 Å². The lowest BCUT2D eigenvalue weighted by atomic mass is 9.82. The molecule has 0 aromatic heterocycles. The summed E-state index contributed by atoms with van der Waals surface area (Å²) < 4.78 is 10.6. The second-order valence-corrected chi connectivity index (χ2v) is 5.14. The predicted molar refractivity (Wildman–Crippen MR) is 68.4 cm³/mol. The van der Waals surface area contributed by atoms with E-state index in [1.807, 2.05) is 0 Å². The van der Waals surface area contributed by atoms with Crippen molar-refractivity contribution < 1.29 is 14.3 Å². The van der Waals surface area contributed by atoms with Crippen molar-refractivity contribution in [3.63, 3.8) is 0 Å². The maximum absolute atomic E-state index is 11.8. The Morgan fingerprint density at radius 3 is 3.11 bits per heavy atom. The number of fused-ring (bicyclic) bond motifs is 1. The second-order valence-electron chi connectivity index (χ2n) is 5.14. The Kier molecular flexibility index (Phi) is 5.41. The largest absolute Gasteiger partial charge is 0.383 e. The molecule has 2 fully saturated rings. The van der Waals surface area contributed by atoms with Crippen molar-refractivity contribution in [2.24, 2.45) is 5.92 Å². The Morgan fingerprint density at radius 1 is 1.39 bits per heavy atom.